The highest BCUT2D eigenvalue weighted by Crippen LogP contribution is 2.12. The number of carbonyl (C=O) groups is 1. The number of halogens is 2. The van der Waals surface area contributed by atoms with Gasteiger partial charge in [-0.1, -0.05) is 23.2 Å². The lowest BCUT2D eigenvalue weighted by Gasteiger charge is -1.96. The van der Waals surface area contributed by atoms with Crippen molar-refractivity contribution in [1.82, 2.24) is 9.78 Å². The first-order valence-electron chi connectivity index (χ1n) is 4.31. The molecule has 0 aromatic carbocycles. The van der Waals surface area contributed by atoms with E-state index in [0.717, 1.165) is 0 Å². The normalized spacial score (nSPS) is 9.75. The SMILES string of the molecule is COC(=O)c1cc(OCC=C(Cl)Cl)nn1C. The Hall–Kier alpha value is -1.20. The van der Waals surface area contributed by atoms with Gasteiger partial charge in [-0.2, -0.15) is 0 Å². The van der Waals surface area contributed by atoms with Crippen molar-refractivity contribution in [2.24, 2.45) is 7.05 Å². The number of carbonyl (C=O) groups excluding carboxylic acids is 1. The van der Waals surface area contributed by atoms with Crippen LogP contribution in [0.25, 0.3) is 0 Å². The van der Waals surface area contributed by atoms with E-state index in [1.54, 1.807) is 7.05 Å². The third kappa shape index (κ3) is 3.43. The highest BCUT2D eigenvalue weighted by molar-refractivity contribution is 6.55. The Kier molecular flexibility index (Phi) is 4.64. The Morgan fingerprint density at radius 2 is 2.31 bits per heavy atom. The molecule has 0 N–H and O–H groups in total. The van der Waals surface area contributed by atoms with Crippen molar-refractivity contribution < 1.29 is 14.3 Å². The fraction of sp³-hybridized carbons (Fsp3) is 0.333. The van der Waals surface area contributed by atoms with Gasteiger partial charge in [0.1, 0.15) is 16.8 Å². The molecule has 0 radical (unpaired) electrons. The predicted octanol–water partition coefficient (Wildman–Crippen LogP) is 1.90. The van der Waals surface area contributed by atoms with Gasteiger partial charge in [0.05, 0.1) is 7.11 Å². The van der Waals surface area contributed by atoms with Crippen molar-refractivity contribution in [3.8, 4) is 5.88 Å². The molecule has 0 saturated carbocycles. The van der Waals surface area contributed by atoms with Crippen LogP contribution in [0.15, 0.2) is 16.6 Å². The summed E-state index contributed by atoms with van der Waals surface area (Å²) in [5, 5.41) is 3.95. The van der Waals surface area contributed by atoms with Crippen molar-refractivity contribution in [1.29, 1.82) is 0 Å². The monoisotopic (exact) mass is 264 g/mol. The van der Waals surface area contributed by atoms with E-state index in [-0.39, 0.29) is 11.1 Å². The maximum absolute atomic E-state index is 11.2. The van der Waals surface area contributed by atoms with Crippen molar-refractivity contribution in [2.75, 3.05) is 13.7 Å². The molecule has 0 aliphatic rings. The van der Waals surface area contributed by atoms with Crippen LogP contribution in [0.2, 0.25) is 0 Å². The molecule has 0 bridgehead atoms. The number of ether oxygens (including phenoxy) is 2. The summed E-state index contributed by atoms with van der Waals surface area (Å²) in [6, 6.07) is 1.47. The smallest absolute Gasteiger partial charge is 0.356 e. The van der Waals surface area contributed by atoms with Gasteiger partial charge < -0.3 is 9.47 Å². The minimum atomic E-state index is -0.476. The van der Waals surface area contributed by atoms with Crippen LogP contribution in [-0.2, 0) is 11.8 Å². The van der Waals surface area contributed by atoms with E-state index in [4.69, 9.17) is 27.9 Å². The van der Waals surface area contributed by atoms with Gasteiger partial charge in [0.25, 0.3) is 0 Å². The van der Waals surface area contributed by atoms with Gasteiger partial charge in [-0.05, 0) is 6.08 Å². The van der Waals surface area contributed by atoms with Gasteiger partial charge in [-0.15, -0.1) is 5.10 Å². The third-order valence-electron chi connectivity index (χ3n) is 1.72. The predicted molar refractivity (Wildman–Crippen MR) is 59.8 cm³/mol. The van der Waals surface area contributed by atoms with E-state index in [9.17, 15) is 4.79 Å². The Labute approximate surface area is 103 Å². The fourth-order valence-corrected chi connectivity index (χ4v) is 1.12. The summed E-state index contributed by atoms with van der Waals surface area (Å²) in [7, 11) is 2.91. The molecular formula is C9H10Cl2N2O3. The molecule has 1 aromatic heterocycles. The Morgan fingerprint density at radius 3 is 2.88 bits per heavy atom. The standard InChI is InChI=1S/C9H10Cl2N2O3/c1-13-6(9(14)15-2)5-8(12-13)16-4-3-7(10)11/h3,5H,4H2,1-2H3. The summed E-state index contributed by atoms with van der Waals surface area (Å²) in [5.74, 6) is -0.176. The van der Waals surface area contributed by atoms with Crippen LogP contribution in [0.5, 0.6) is 5.88 Å². The zero-order valence-electron chi connectivity index (χ0n) is 8.74. The molecule has 1 heterocycles. The van der Waals surface area contributed by atoms with Crippen molar-refractivity contribution >= 4 is 29.2 Å². The molecule has 5 nitrogen and oxygen atoms in total. The number of rotatable bonds is 4. The number of aryl methyl sites for hydroxylation is 1. The summed E-state index contributed by atoms with van der Waals surface area (Å²) in [4.78, 5) is 11.2. The number of methoxy groups -OCH3 is 1. The van der Waals surface area contributed by atoms with Gasteiger partial charge in [-0.3, -0.25) is 4.68 Å². The Morgan fingerprint density at radius 1 is 1.62 bits per heavy atom. The second-order valence-electron chi connectivity index (χ2n) is 2.79. The van der Waals surface area contributed by atoms with Crippen LogP contribution in [-0.4, -0.2) is 29.5 Å². The molecule has 0 atom stereocenters. The van der Waals surface area contributed by atoms with Crippen LogP contribution in [0, 0.1) is 0 Å². The van der Waals surface area contributed by atoms with Gasteiger partial charge in [0.15, 0.2) is 0 Å². The fourth-order valence-electron chi connectivity index (χ4n) is 0.997. The molecule has 0 amide bonds. The lowest BCUT2D eigenvalue weighted by Crippen LogP contribution is -2.07. The quantitative estimate of drug-likeness (QED) is 0.780. The zero-order valence-corrected chi connectivity index (χ0v) is 10.2. The van der Waals surface area contributed by atoms with E-state index in [2.05, 4.69) is 9.84 Å². The lowest BCUT2D eigenvalue weighted by atomic mass is 10.4. The molecule has 0 spiro atoms. The summed E-state index contributed by atoms with van der Waals surface area (Å²) < 4.78 is 11.2. The van der Waals surface area contributed by atoms with E-state index >= 15 is 0 Å². The van der Waals surface area contributed by atoms with Crippen molar-refractivity contribution in [3.05, 3.63) is 22.3 Å². The first kappa shape index (κ1) is 12.9. The lowest BCUT2D eigenvalue weighted by molar-refractivity contribution is 0.0588. The maximum Gasteiger partial charge on any atom is 0.356 e. The van der Waals surface area contributed by atoms with Gasteiger partial charge >= 0.3 is 5.97 Å². The van der Waals surface area contributed by atoms with Gasteiger partial charge in [-0.25, -0.2) is 4.79 Å². The number of hydrogen-bond donors (Lipinski definition) is 0. The summed E-state index contributed by atoms with van der Waals surface area (Å²) in [6.07, 6.45) is 1.47. The van der Waals surface area contributed by atoms with Crippen LogP contribution < -0.4 is 4.74 Å². The van der Waals surface area contributed by atoms with E-state index in [1.165, 1.54) is 23.9 Å². The van der Waals surface area contributed by atoms with Crippen molar-refractivity contribution in [3.63, 3.8) is 0 Å². The highest BCUT2D eigenvalue weighted by Gasteiger charge is 2.13. The van der Waals surface area contributed by atoms with Crippen LogP contribution in [0.1, 0.15) is 10.5 Å². The molecule has 88 valence electrons. The number of esters is 1. The van der Waals surface area contributed by atoms with Crippen molar-refractivity contribution in [2.45, 2.75) is 0 Å². The largest absolute Gasteiger partial charge is 0.472 e. The van der Waals surface area contributed by atoms with E-state index in [1.807, 2.05) is 0 Å². The topological polar surface area (TPSA) is 53.4 Å². The van der Waals surface area contributed by atoms with Gasteiger partial charge in [0.2, 0.25) is 5.88 Å². The molecule has 0 aliphatic carbocycles. The molecule has 1 aromatic rings. The minimum absolute atomic E-state index is 0.115. The molecule has 7 heteroatoms. The van der Waals surface area contributed by atoms with Crippen LogP contribution >= 0.6 is 23.2 Å². The highest BCUT2D eigenvalue weighted by atomic mass is 35.5. The number of aromatic nitrogens is 2. The summed E-state index contributed by atoms with van der Waals surface area (Å²) in [6.45, 7) is 0.181. The van der Waals surface area contributed by atoms with E-state index < -0.39 is 5.97 Å². The molecular weight excluding hydrogens is 255 g/mol. The Balaban J connectivity index is 2.70. The zero-order chi connectivity index (χ0) is 12.1. The maximum atomic E-state index is 11.2. The first-order chi connectivity index (χ1) is 7.54. The summed E-state index contributed by atoms with van der Waals surface area (Å²) >= 11 is 10.8. The molecule has 0 aliphatic heterocycles. The average molecular weight is 265 g/mol. The molecule has 1 rings (SSSR count). The van der Waals surface area contributed by atoms with E-state index in [0.29, 0.717) is 11.6 Å². The number of hydrogen-bond acceptors (Lipinski definition) is 4. The average Bonchev–Trinajstić information content (AvgIpc) is 2.58. The summed E-state index contributed by atoms with van der Waals surface area (Å²) in [5.41, 5.74) is 0.304. The molecule has 16 heavy (non-hydrogen) atoms. The second-order valence-corrected chi connectivity index (χ2v) is 3.80. The second kappa shape index (κ2) is 5.77. The Bertz CT molecular complexity index is 411. The third-order valence-corrected chi connectivity index (χ3v) is 2.03. The molecule has 0 unspecified atom stereocenters. The van der Waals surface area contributed by atoms with Gasteiger partial charge in [0, 0.05) is 13.1 Å². The van der Waals surface area contributed by atoms with Crippen LogP contribution in [0.3, 0.4) is 0 Å². The van der Waals surface area contributed by atoms with Crippen LogP contribution in [0.4, 0.5) is 0 Å². The number of nitrogens with zero attached hydrogens (tertiary/aromatic N) is 2. The molecule has 0 fully saturated rings. The first-order valence-corrected chi connectivity index (χ1v) is 5.06. The molecule has 0 saturated heterocycles. The minimum Gasteiger partial charge on any atom is -0.472 e.